The van der Waals surface area contributed by atoms with Gasteiger partial charge in [-0.05, 0) is 23.6 Å². The molecule has 4 nitrogen and oxygen atoms in total. The van der Waals surface area contributed by atoms with E-state index in [-0.39, 0.29) is 11.2 Å². The molecule has 2 unspecified atom stereocenters. The zero-order valence-corrected chi connectivity index (χ0v) is 15.4. The lowest BCUT2D eigenvalue weighted by Crippen LogP contribution is -2.36. The summed E-state index contributed by atoms with van der Waals surface area (Å²) in [5, 5.41) is 1.99. The number of anilines is 1. The van der Waals surface area contributed by atoms with Crippen LogP contribution in [0.2, 0.25) is 5.02 Å². The Morgan fingerprint density at radius 2 is 1.95 bits per heavy atom. The zero-order chi connectivity index (χ0) is 16.7. The van der Waals surface area contributed by atoms with Gasteiger partial charge in [-0.3, -0.25) is 14.4 Å². The topological polar surface area (TPSA) is 63.2 Å². The van der Waals surface area contributed by atoms with E-state index >= 15 is 0 Å². The molecule has 7 heteroatoms. The third-order valence-corrected chi connectivity index (χ3v) is 5.70. The van der Waals surface area contributed by atoms with Crippen molar-refractivity contribution in [2.45, 2.75) is 26.0 Å². The standard InChI is InChI=1S/C15H15BrClNO3S/c1-15(2,3)12-11(19)10(14(21)22-12)13(20)18-9-5-4-7(16)6-8(9)17/h4-6,10,12H,1-3H3,(H,18,20). The molecule has 22 heavy (non-hydrogen) atoms. The third kappa shape index (κ3) is 3.55. The molecule has 1 heterocycles. The van der Waals surface area contributed by atoms with E-state index in [9.17, 15) is 14.4 Å². The van der Waals surface area contributed by atoms with E-state index < -0.39 is 22.2 Å². The summed E-state index contributed by atoms with van der Waals surface area (Å²) in [7, 11) is 0. The van der Waals surface area contributed by atoms with E-state index in [2.05, 4.69) is 21.2 Å². The molecule has 2 rings (SSSR count). The maximum atomic E-state index is 12.4. The number of halogens is 2. The molecule has 1 fully saturated rings. The second-order valence-electron chi connectivity index (χ2n) is 6.13. The first-order valence-electron chi connectivity index (χ1n) is 6.61. The van der Waals surface area contributed by atoms with Crippen LogP contribution in [0, 0.1) is 11.3 Å². The second-order valence-corrected chi connectivity index (χ2v) is 8.56. The quantitative estimate of drug-likeness (QED) is 0.759. The number of nitrogens with one attached hydrogen (secondary N) is 1. The summed E-state index contributed by atoms with van der Waals surface area (Å²) in [6.07, 6.45) is 0. The average molecular weight is 405 g/mol. The van der Waals surface area contributed by atoms with Crippen LogP contribution < -0.4 is 5.32 Å². The Hall–Kier alpha value is -0.850. The molecular formula is C15H15BrClNO3S. The van der Waals surface area contributed by atoms with Crippen LogP contribution in [0.25, 0.3) is 0 Å². The van der Waals surface area contributed by atoms with Gasteiger partial charge in [0.25, 0.3) is 0 Å². The molecule has 0 saturated carbocycles. The number of thioether (sulfide) groups is 1. The number of amides is 1. The summed E-state index contributed by atoms with van der Waals surface area (Å²) in [5.74, 6) is -2.24. The van der Waals surface area contributed by atoms with Gasteiger partial charge < -0.3 is 5.32 Å². The highest BCUT2D eigenvalue weighted by atomic mass is 79.9. The number of hydrogen-bond acceptors (Lipinski definition) is 4. The minimum Gasteiger partial charge on any atom is -0.324 e. The molecule has 0 aromatic heterocycles. The van der Waals surface area contributed by atoms with Gasteiger partial charge in [0.05, 0.1) is 16.0 Å². The fourth-order valence-corrected chi connectivity index (χ4v) is 4.06. The van der Waals surface area contributed by atoms with Crippen molar-refractivity contribution in [3.05, 3.63) is 27.7 Å². The van der Waals surface area contributed by atoms with Crippen molar-refractivity contribution in [1.29, 1.82) is 0 Å². The number of ketones is 1. The third-order valence-electron chi connectivity index (χ3n) is 3.25. The summed E-state index contributed by atoms with van der Waals surface area (Å²) in [5.41, 5.74) is 0.00138. The fraction of sp³-hybridized carbons (Fsp3) is 0.400. The lowest BCUT2D eigenvalue weighted by atomic mass is 9.85. The van der Waals surface area contributed by atoms with Gasteiger partial charge in [-0.2, -0.15) is 0 Å². The van der Waals surface area contributed by atoms with E-state index in [0.717, 1.165) is 16.2 Å². The van der Waals surface area contributed by atoms with Crippen LogP contribution in [0.4, 0.5) is 5.69 Å². The predicted molar refractivity (Wildman–Crippen MR) is 92.1 cm³/mol. The Morgan fingerprint density at radius 1 is 1.32 bits per heavy atom. The molecule has 1 N–H and O–H groups in total. The van der Waals surface area contributed by atoms with Gasteiger partial charge in [-0.15, -0.1) is 0 Å². The Balaban J connectivity index is 2.19. The molecule has 0 aliphatic carbocycles. The minimum atomic E-state index is -1.27. The van der Waals surface area contributed by atoms with Crippen LogP contribution in [0.5, 0.6) is 0 Å². The average Bonchev–Trinajstić information content (AvgIpc) is 2.68. The highest BCUT2D eigenvalue weighted by Crippen LogP contribution is 2.41. The first kappa shape index (κ1) is 17.5. The van der Waals surface area contributed by atoms with Gasteiger partial charge in [0.15, 0.2) is 11.7 Å². The van der Waals surface area contributed by atoms with Crippen LogP contribution in [0.1, 0.15) is 20.8 Å². The number of carbonyl (C=O) groups excluding carboxylic acids is 3. The van der Waals surface area contributed by atoms with E-state index in [1.807, 2.05) is 20.8 Å². The maximum absolute atomic E-state index is 12.4. The van der Waals surface area contributed by atoms with Crippen molar-refractivity contribution in [1.82, 2.24) is 0 Å². The molecule has 1 aromatic rings. The fourth-order valence-electron chi connectivity index (χ4n) is 2.15. The molecule has 1 aliphatic heterocycles. The van der Waals surface area contributed by atoms with Gasteiger partial charge in [-0.25, -0.2) is 0 Å². The first-order valence-corrected chi connectivity index (χ1v) is 8.66. The van der Waals surface area contributed by atoms with Crippen LogP contribution in [-0.2, 0) is 14.4 Å². The smallest absolute Gasteiger partial charge is 0.243 e. The van der Waals surface area contributed by atoms with Crippen molar-refractivity contribution >= 4 is 61.8 Å². The van der Waals surface area contributed by atoms with E-state index in [1.165, 1.54) is 0 Å². The molecule has 0 spiro atoms. The summed E-state index contributed by atoms with van der Waals surface area (Å²) < 4.78 is 0.770. The largest absolute Gasteiger partial charge is 0.324 e. The Morgan fingerprint density at radius 3 is 2.45 bits per heavy atom. The van der Waals surface area contributed by atoms with Crippen molar-refractivity contribution in [2.75, 3.05) is 5.32 Å². The van der Waals surface area contributed by atoms with Gasteiger partial charge in [0.1, 0.15) is 0 Å². The molecule has 1 saturated heterocycles. The summed E-state index contributed by atoms with van der Waals surface area (Å²) in [6, 6.07) is 4.96. The molecule has 0 bridgehead atoms. The van der Waals surface area contributed by atoms with Gasteiger partial charge in [0.2, 0.25) is 11.0 Å². The molecule has 1 aliphatic rings. The highest BCUT2D eigenvalue weighted by molar-refractivity contribution is 9.10. The van der Waals surface area contributed by atoms with E-state index in [4.69, 9.17) is 11.6 Å². The Labute approximate surface area is 146 Å². The van der Waals surface area contributed by atoms with Gasteiger partial charge in [-0.1, -0.05) is 60.1 Å². The van der Waals surface area contributed by atoms with E-state index in [1.54, 1.807) is 18.2 Å². The zero-order valence-electron chi connectivity index (χ0n) is 12.3. The molecule has 1 aromatic carbocycles. The number of hydrogen-bond donors (Lipinski definition) is 1. The predicted octanol–water partition coefficient (Wildman–Crippen LogP) is 3.91. The molecular weight excluding hydrogens is 390 g/mol. The van der Waals surface area contributed by atoms with Crippen molar-refractivity contribution < 1.29 is 14.4 Å². The lowest BCUT2D eigenvalue weighted by molar-refractivity contribution is -0.134. The van der Waals surface area contributed by atoms with Crippen LogP contribution in [0.3, 0.4) is 0 Å². The van der Waals surface area contributed by atoms with Crippen LogP contribution in [0.15, 0.2) is 22.7 Å². The molecule has 1 amide bonds. The van der Waals surface area contributed by atoms with Crippen LogP contribution >= 0.6 is 39.3 Å². The minimum absolute atomic E-state index is 0.334. The van der Waals surface area contributed by atoms with E-state index in [0.29, 0.717) is 10.7 Å². The SMILES string of the molecule is CC(C)(C)C1SC(=O)C(C(=O)Nc2ccc(Br)cc2Cl)C1=O. The summed E-state index contributed by atoms with van der Waals surface area (Å²) in [4.78, 5) is 36.8. The number of benzene rings is 1. The van der Waals surface area contributed by atoms with Crippen LogP contribution in [-0.4, -0.2) is 22.1 Å². The molecule has 118 valence electrons. The number of Topliss-reactive ketones (excluding diaryl/α,β-unsaturated/α-hetero) is 1. The van der Waals surface area contributed by atoms with Crippen molar-refractivity contribution in [3.63, 3.8) is 0 Å². The first-order chi connectivity index (χ1) is 10.1. The second kappa shape index (κ2) is 6.34. The Kier molecular flexibility index (Phi) is 5.04. The Bertz CT molecular complexity index is 657. The van der Waals surface area contributed by atoms with Gasteiger partial charge >= 0.3 is 0 Å². The molecule has 0 radical (unpaired) electrons. The van der Waals surface area contributed by atoms with Crippen molar-refractivity contribution in [3.8, 4) is 0 Å². The molecule has 2 atom stereocenters. The highest BCUT2D eigenvalue weighted by Gasteiger charge is 2.50. The number of carbonyl (C=O) groups is 3. The van der Waals surface area contributed by atoms with Gasteiger partial charge in [0, 0.05) is 4.47 Å². The van der Waals surface area contributed by atoms with Crippen molar-refractivity contribution in [2.24, 2.45) is 11.3 Å². The maximum Gasteiger partial charge on any atom is 0.243 e. The normalized spacial score (nSPS) is 22.0. The number of rotatable bonds is 2. The monoisotopic (exact) mass is 403 g/mol. The lowest BCUT2D eigenvalue weighted by Gasteiger charge is -2.23. The summed E-state index contributed by atoms with van der Waals surface area (Å²) in [6.45, 7) is 5.63. The summed E-state index contributed by atoms with van der Waals surface area (Å²) >= 11 is 10.2.